The summed E-state index contributed by atoms with van der Waals surface area (Å²) in [5, 5.41) is 5.54. The van der Waals surface area contributed by atoms with Gasteiger partial charge in [-0.3, -0.25) is 0 Å². The molecule has 0 saturated carbocycles. The molecule has 0 aliphatic rings. The molecule has 35 heavy (non-hydrogen) atoms. The van der Waals surface area contributed by atoms with E-state index >= 15 is 0 Å². The first-order chi connectivity index (χ1) is 16.4. The van der Waals surface area contributed by atoms with Gasteiger partial charge in [-0.05, 0) is 11.8 Å². The minimum absolute atomic E-state index is 0. The third-order valence-corrected chi connectivity index (χ3v) is 8.39. The van der Waals surface area contributed by atoms with Crippen LogP contribution in [0.1, 0.15) is 56.2 Å². The Morgan fingerprint density at radius 3 is 1.49 bits per heavy atom. The monoisotopic (exact) mass is 579 g/mol. The molecule has 0 radical (unpaired) electrons. The van der Waals surface area contributed by atoms with E-state index in [1.54, 1.807) is 0 Å². The number of fused-ring (bicyclic) bond motifs is 2. The quantitative estimate of drug-likeness (QED) is 0.186. The van der Waals surface area contributed by atoms with Gasteiger partial charge in [0.2, 0.25) is 0 Å². The first-order valence-electron chi connectivity index (χ1n) is 11.7. The van der Waals surface area contributed by atoms with Gasteiger partial charge >= 0.3 is 75.5 Å². The Balaban J connectivity index is 0.000000184. The molecule has 0 amide bonds. The zero-order valence-corrected chi connectivity index (χ0v) is 25.3. The predicted molar refractivity (Wildman–Crippen MR) is 157 cm³/mol. The fourth-order valence-electron chi connectivity index (χ4n) is 4.06. The van der Waals surface area contributed by atoms with Gasteiger partial charge in [-0.25, -0.2) is 0 Å². The Hall–Kier alpha value is -1.79. The molecule has 5 aromatic carbocycles. The summed E-state index contributed by atoms with van der Waals surface area (Å²) in [6, 6.07) is 36.0. The third kappa shape index (κ3) is 8.68. The van der Waals surface area contributed by atoms with Gasteiger partial charge < -0.3 is 7.43 Å². The van der Waals surface area contributed by atoms with E-state index in [1.165, 1.54) is 32.7 Å². The SMILES string of the molecule is CC(C)c1cccc2[cH-]ccc12.CC(C)c1cccc2[cH-]ccc12.[CH3-].[Cl][Zr]([Cl])=[CH]c1ccccc1. The van der Waals surface area contributed by atoms with Gasteiger partial charge in [0.25, 0.3) is 0 Å². The van der Waals surface area contributed by atoms with Crippen molar-refractivity contribution >= 4 is 42.3 Å². The van der Waals surface area contributed by atoms with Crippen LogP contribution in [0.3, 0.4) is 0 Å². The van der Waals surface area contributed by atoms with Crippen LogP contribution in [-0.2, 0) is 18.9 Å². The van der Waals surface area contributed by atoms with Crippen LogP contribution in [0.4, 0.5) is 0 Å². The Bertz CT molecular complexity index is 1240. The van der Waals surface area contributed by atoms with Crippen molar-refractivity contribution in [3.05, 3.63) is 127 Å². The normalized spacial score (nSPS) is 10.3. The molecule has 0 aromatic heterocycles. The summed E-state index contributed by atoms with van der Waals surface area (Å²) in [6.45, 7) is 8.95. The summed E-state index contributed by atoms with van der Waals surface area (Å²) in [6.07, 6.45) is 0. The molecule has 0 nitrogen and oxygen atoms in total. The molecule has 0 heterocycles. The molecule has 5 aromatic rings. The Labute approximate surface area is 226 Å². The summed E-state index contributed by atoms with van der Waals surface area (Å²) in [5.74, 6) is 1.24. The van der Waals surface area contributed by atoms with Gasteiger partial charge in [0.1, 0.15) is 0 Å². The van der Waals surface area contributed by atoms with Crippen molar-refractivity contribution in [1.29, 1.82) is 0 Å². The van der Waals surface area contributed by atoms with Gasteiger partial charge in [0, 0.05) is 0 Å². The van der Waals surface area contributed by atoms with E-state index in [9.17, 15) is 0 Å². The molecule has 0 spiro atoms. The van der Waals surface area contributed by atoms with Crippen LogP contribution in [0.25, 0.3) is 21.5 Å². The van der Waals surface area contributed by atoms with E-state index < -0.39 is 18.9 Å². The molecule has 0 bridgehead atoms. The van der Waals surface area contributed by atoms with Crippen molar-refractivity contribution in [2.75, 3.05) is 0 Å². The van der Waals surface area contributed by atoms with E-state index in [-0.39, 0.29) is 7.43 Å². The molecule has 184 valence electrons. The molecule has 0 aliphatic carbocycles. The number of benzene rings is 3. The van der Waals surface area contributed by atoms with Gasteiger partial charge in [0.05, 0.1) is 0 Å². The summed E-state index contributed by atoms with van der Waals surface area (Å²) < 4.78 is 1.98. The summed E-state index contributed by atoms with van der Waals surface area (Å²) in [5.41, 5.74) is 4.05. The Morgan fingerprint density at radius 2 is 1.09 bits per heavy atom. The maximum absolute atomic E-state index is 5.72. The standard InChI is InChI=1S/2C12H13.C7H6.CH3.2ClH.Zr/c2*1-9(2)11-7-3-5-10-6-4-8-12(10)11;1-7-5-3-2-4-6-7;;;;/h2*3-9H,1-2H3;1-6H;1H3;2*1H;/q2*-1;;-1;;;+2/p-2. The second-order valence-electron chi connectivity index (χ2n) is 8.91. The molecule has 0 saturated heterocycles. The average Bonchev–Trinajstić information content (AvgIpc) is 3.49. The molecule has 3 heteroatoms. The average molecular weight is 582 g/mol. The Kier molecular flexibility index (Phi) is 12.4. The van der Waals surface area contributed by atoms with Crippen LogP contribution in [-0.4, -0.2) is 3.71 Å². The predicted octanol–water partition coefficient (Wildman–Crippen LogP) is 10.6. The topological polar surface area (TPSA) is 0 Å². The first kappa shape index (κ1) is 29.4. The van der Waals surface area contributed by atoms with Gasteiger partial charge in [-0.2, -0.15) is 24.3 Å². The fourth-order valence-corrected chi connectivity index (χ4v) is 6.64. The zero-order valence-electron chi connectivity index (χ0n) is 21.3. The Morgan fingerprint density at radius 1 is 0.629 bits per heavy atom. The first-order valence-corrected chi connectivity index (χ1v) is 19.5. The number of hydrogen-bond donors (Lipinski definition) is 0. The second kappa shape index (κ2) is 14.7. The van der Waals surface area contributed by atoms with Crippen molar-refractivity contribution in [3.8, 4) is 0 Å². The van der Waals surface area contributed by atoms with E-state index in [0.29, 0.717) is 11.8 Å². The second-order valence-corrected chi connectivity index (χ2v) is 17.0. The van der Waals surface area contributed by atoms with Crippen molar-refractivity contribution < 1.29 is 18.9 Å². The minimum atomic E-state index is -2.06. The maximum atomic E-state index is 5.72. The molecule has 0 atom stereocenters. The number of hydrogen-bond acceptors (Lipinski definition) is 0. The number of halogens is 2. The molecule has 0 fully saturated rings. The molecule has 0 unspecified atom stereocenters. The van der Waals surface area contributed by atoms with E-state index in [1.807, 2.05) is 34.0 Å². The van der Waals surface area contributed by atoms with Crippen LogP contribution in [0.15, 0.2) is 103 Å². The summed E-state index contributed by atoms with van der Waals surface area (Å²) in [4.78, 5) is 0. The molecular weight excluding hydrogens is 546 g/mol. The van der Waals surface area contributed by atoms with Crippen LogP contribution >= 0.6 is 17.0 Å². The van der Waals surface area contributed by atoms with Crippen molar-refractivity contribution in [2.24, 2.45) is 0 Å². The van der Waals surface area contributed by atoms with Crippen molar-refractivity contribution in [1.82, 2.24) is 0 Å². The molecule has 0 N–H and O–H groups in total. The molecule has 0 aliphatic heterocycles. The zero-order chi connectivity index (χ0) is 24.5. The van der Waals surface area contributed by atoms with Crippen LogP contribution in [0.2, 0.25) is 0 Å². The molecule has 5 rings (SSSR count). The van der Waals surface area contributed by atoms with E-state index in [2.05, 4.69) is 100 Å². The molecular formula is C32H35Cl2Zr-3. The van der Waals surface area contributed by atoms with Gasteiger partial charge in [0.15, 0.2) is 0 Å². The van der Waals surface area contributed by atoms with Crippen LogP contribution in [0, 0.1) is 7.43 Å². The van der Waals surface area contributed by atoms with Crippen LogP contribution < -0.4 is 0 Å². The van der Waals surface area contributed by atoms with E-state index in [0.717, 1.165) is 5.56 Å². The van der Waals surface area contributed by atoms with Gasteiger partial charge in [-0.1, -0.05) is 51.0 Å². The van der Waals surface area contributed by atoms with E-state index in [4.69, 9.17) is 17.0 Å². The number of rotatable bonds is 3. The third-order valence-electron chi connectivity index (χ3n) is 5.74. The summed E-state index contributed by atoms with van der Waals surface area (Å²) in [7, 11) is 11.4. The van der Waals surface area contributed by atoms with Crippen LogP contribution in [0.5, 0.6) is 0 Å². The van der Waals surface area contributed by atoms with Crippen molar-refractivity contribution in [3.63, 3.8) is 0 Å². The van der Waals surface area contributed by atoms with Gasteiger partial charge in [-0.15, -0.1) is 57.9 Å². The van der Waals surface area contributed by atoms with Crippen molar-refractivity contribution in [2.45, 2.75) is 39.5 Å². The fraction of sp³-hybridized carbons (Fsp3) is 0.188. The summed E-state index contributed by atoms with van der Waals surface area (Å²) >= 11 is -2.06.